The van der Waals surface area contributed by atoms with E-state index in [9.17, 15) is 4.79 Å². The van der Waals surface area contributed by atoms with E-state index in [-0.39, 0.29) is 12.1 Å². The molecule has 0 saturated carbocycles. The molecule has 4 nitrogen and oxygen atoms in total. The first-order valence-electron chi connectivity index (χ1n) is 8.51. The number of ether oxygens (including phenoxy) is 1. The Balaban J connectivity index is 3.90. The minimum absolute atomic E-state index is 0.123. The monoisotopic (exact) mass is 300 g/mol. The van der Waals surface area contributed by atoms with Crippen molar-refractivity contribution in [2.45, 2.75) is 97.8 Å². The number of carbonyl (C=O) groups excluding carboxylic acids is 1. The van der Waals surface area contributed by atoms with Gasteiger partial charge in [-0.2, -0.15) is 0 Å². The third-order valence-corrected chi connectivity index (χ3v) is 3.42. The van der Waals surface area contributed by atoms with Gasteiger partial charge in [-0.1, -0.05) is 39.5 Å². The van der Waals surface area contributed by atoms with Gasteiger partial charge in [0.1, 0.15) is 5.60 Å². The lowest BCUT2D eigenvalue weighted by Crippen LogP contribution is -2.45. The van der Waals surface area contributed by atoms with E-state index in [1.807, 2.05) is 20.8 Å². The molecule has 0 radical (unpaired) electrons. The van der Waals surface area contributed by atoms with Crippen molar-refractivity contribution < 1.29 is 9.53 Å². The number of alkyl carbamates (subject to hydrolysis) is 1. The Morgan fingerprint density at radius 3 is 2.33 bits per heavy atom. The molecular formula is C17H36N2O2. The normalized spacial score (nSPS) is 14.6. The molecule has 0 bridgehead atoms. The van der Waals surface area contributed by atoms with Gasteiger partial charge in [0.15, 0.2) is 0 Å². The summed E-state index contributed by atoms with van der Waals surface area (Å²) in [5, 5.41) is 6.44. The van der Waals surface area contributed by atoms with Crippen LogP contribution < -0.4 is 10.6 Å². The summed E-state index contributed by atoms with van der Waals surface area (Å²) >= 11 is 0. The maximum absolute atomic E-state index is 11.8. The molecule has 21 heavy (non-hydrogen) atoms. The van der Waals surface area contributed by atoms with E-state index >= 15 is 0 Å². The number of unbranched alkanes of at least 4 members (excludes halogenated alkanes) is 3. The van der Waals surface area contributed by atoms with Crippen LogP contribution in [0.4, 0.5) is 4.79 Å². The van der Waals surface area contributed by atoms with Gasteiger partial charge in [-0.3, -0.25) is 0 Å². The van der Waals surface area contributed by atoms with Crippen LogP contribution in [0.5, 0.6) is 0 Å². The summed E-state index contributed by atoms with van der Waals surface area (Å²) < 4.78 is 5.29. The molecular weight excluding hydrogens is 264 g/mol. The molecule has 2 unspecified atom stereocenters. The van der Waals surface area contributed by atoms with E-state index in [1.165, 1.54) is 32.1 Å². The number of carbonyl (C=O) groups is 1. The SMILES string of the molecule is CCCCCCC(C)NCC(CC)NC(=O)OC(C)(C)C. The van der Waals surface area contributed by atoms with E-state index in [2.05, 4.69) is 31.4 Å². The summed E-state index contributed by atoms with van der Waals surface area (Å²) in [5.41, 5.74) is -0.442. The molecule has 0 spiro atoms. The van der Waals surface area contributed by atoms with Crippen LogP contribution in [0, 0.1) is 0 Å². The highest BCUT2D eigenvalue weighted by Gasteiger charge is 2.18. The number of rotatable bonds is 10. The van der Waals surface area contributed by atoms with Crippen LogP contribution in [0.3, 0.4) is 0 Å². The fraction of sp³-hybridized carbons (Fsp3) is 0.941. The summed E-state index contributed by atoms with van der Waals surface area (Å²) in [6, 6.07) is 0.620. The maximum atomic E-state index is 11.8. The van der Waals surface area contributed by atoms with E-state index in [4.69, 9.17) is 4.74 Å². The van der Waals surface area contributed by atoms with Crippen LogP contribution in [0.25, 0.3) is 0 Å². The first-order chi connectivity index (χ1) is 9.78. The molecule has 0 heterocycles. The molecule has 0 aromatic heterocycles. The van der Waals surface area contributed by atoms with Crippen LogP contribution >= 0.6 is 0 Å². The van der Waals surface area contributed by atoms with Crippen molar-refractivity contribution in [1.82, 2.24) is 10.6 Å². The van der Waals surface area contributed by atoms with Gasteiger partial charge in [0.05, 0.1) is 0 Å². The van der Waals surface area contributed by atoms with E-state index < -0.39 is 5.60 Å². The van der Waals surface area contributed by atoms with Gasteiger partial charge < -0.3 is 15.4 Å². The summed E-state index contributed by atoms with van der Waals surface area (Å²) in [7, 11) is 0. The molecule has 0 aromatic carbocycles. The van der Waals surface area contributed by atoms with Crippen LogP contribution in [-0.4, -0.2) is 30.3 Å². The summed E-state index contributed by atoms with van der Waals surface area (Å²) in [5.74, 6) is 0. The van der Waals surface area contributed by atoms with E-state index in [0.717, 1.165) is 13.0 Å². The zero-order valence-electron chi connectivity index (χ0n) is 14.9. The average molecular weight is 300 g/mol. The summed E-state index contributed by atoms with van der Waals surface area (Å²) in [4.78, 5) is 11.8. The fourth-order valence-electron chi connectivity index (χ4n) is 2.09. The molecule has 0 saturated heterocycles. The number of nitrogens with one attached hydrogen (secondary N) is 2. The highest BCUT2D eigenvalue weighted by Crippen LogP contribution is 2.08. The molecule has 0 fully saturated rings. The van der Waals surface area contributed by atoms with Crippen LogP contribution in [0.1, 0.15) is 80.1 Å². The molecule has 0 aromatic rings. The van der Waals surface area contributed by atoms with Gasteiger partial charge in [-0.25, -0.2) is 4.79 Å². The molecule has 2 N–H and O–H groups in total. The minimum Gasteiger partial charge on any atom is -0.444 e. The van der Waals surface area contributed by atoms with Gasteiger partial charge in [-0.05, 0) is 40.5 Å². The van der Waals surface area contributed by atoms with Crippen LogP contribution in [0.15, 0.2) is 0 Å². The maximum Gasteiger partial charge on any atom is 0.407 e. The lowest BCUT2D eigenvalue weighted by Gasteiger charge is -2.24. The zero-order valence-corrected chi connectivity index (χ0v) is 14.9. The van der Waals surface area contributed by atoms with Gasteiger partial charge in [-0.15, -0.1) is 0 Å². The molecule has 0 rings (SSSR count). The average Bonchev–Trinajstić information content (AvgIpc) is 2.37. The molecule has 0 aliphatic rings. The number of hydrogen-bond acceptors (Lipinski definition) is 3. The highest BCUT2D eigenvalue weighted by atomic mass is 16.6. The molecule has 0 aliphatic carbocycles. The van der Waals surface area contributed by atoms with Crippen LogP contribution in [-0.2, 0) is 4.74 Å². The fourth-order valence-corrected chi connectivity index (χ4v) is 2.09. The van der Waals surface area contributed by atoms with Gasteiger partial charge in [0.2, 0.25) is 0 Å². The third-order valence-electron chi connectivity index (χ3n) is 3.42. The van der Waals surface area contributed by atoms with Gasteiger partial charge in [0.25, 0.3) is 0 Å². The Morgan fingerprint density at radius 1 is 1.14 bits per heavy atom. The van der Waals surface area contributed by atoms with Crippen LogP contribution in [0.2, 0.25) is 0 Å². The largest absolute Gasteiger partial charge is 0.444 e. The van der Waals surface area contributed by atoms with Crippen molar-refractivity contribution in [2.75, 3.05) is 6.54 Å². The summed E-state index contributed by atoms with van der Waals surface area (Å²) in [6.07, 6.45) is 6.96. The molecule has 4 heteroatoms. The van der Waals surface area contributed by atoms with Gasteiger partial charge >= 0.3 is 6.09 Å². The standard InChI is InChI=1S/C17H36N2O2/c1-7-9-10-11-12-14(3)18-13-15(8-2)19-16(20)21-17(4,5)6/h14-15,18H,7-13H2,1-6H3,(H,19,20). The van der Waals surface area contributed by atoms with Crippen molar-refractivity contribution >= 4 is 6.09 Å². The molecule has 126 valence electrons. The minimum atomic E-state index is -0.442. The van der Waals surface area contributed by atoms with Crippen molar-refractivity contribution in [1.29, 1.82) is 0 Å². The quantitative estimate of drug-likeness (QED) is 0.593. The van der Waals surface area contributed by atoms with Gasteiger partial charge in [0, 0.05) is 18.6 Å². The Labute approximate surface area is 131 Å². The Morgan fingerprint density at radius 2 is 1.81 bits per heavy atom. The second-order valence-corrected chi connectivity index (χ2v) is 6.91. The summed E-state index contributed by atoms with van der Waals surface area (Å²) in [6.45, 7) is 13.0. The van der Waals surface area contributed by atoms with Crippen molar-refractivity contribution in [2.24, 2.45) is 0 Å². The molecule has 2 atom stereocenters. The zero-order chi connectivity index (χ0) is 16.3. The highest BCUT2D eigenvalue weighted by molar-refractivity contribution is 5.68. The predicted octanol–water partition coefficient (Wildman–Crippen LogP) is 4.24. The topological polar surface area (TPSA) is 50.4 Å². The lowest BCUT2D eigenvalue weighted by molar-refractivity contribution is 0.0502. The lowest BCUT2D eigenvalue weighted by atomic mass is 10.1. The second-order valence-electron chi connectivity index (χ2n) is 6.91. The Hall–Kier alpha value is -0.770. The molecule has 0 aliphatic heterocycles. The van der Waals surface area contributed by atoms with E-state index in [0.29, 0.717) is 6.04 Å². The van der Waals surface area contributed by atoms with Crippen molar-refractivity contribution in [3.63, 3.8) is 0 Å². The van der Waals surface area contributed by atoms with Crippen molar-refractivity contribution in [3.05, 3.63) is 0 Å². The van der Waals surface area contributed by atoms with Crippen molar-refractivity contribution in [3.8, 4) is 0 Å². The first-order valence-corrected chi connectivity index (χ1v) is 8.51. The smallest absolute Gasteiger partial charge is 0.407 e. The predicted molar refractivity (Wildman–Crippen MR) is 89.7 cm³/mol. The Kier molecular flexibility index (Phi) is 10.5. The number of amides is 1. The Bertz CT molecular complexity index is 274. The number of hydrogen-bond donors (Lipinski definition) is 2. The second kappa shape index (κ2) is 10.9. The van der Waals surface area contributed by atoms with E-state index in [1.54, 1.807) is 0 Å². The first kappa shape index (κ1) is 20.2. The third kappa shape index (κ3) is 12.7. The molecule has 1 amide bonds.